The van der Waals surface area contributed by atoms with Crippen LogP contribution in [0.4, 0.5) is 5.69 Å². The van der Waals surface area contributed by atoms with E-state index in [1.165, 1.54) is 7.11 Å². The largest absolute Gasteiger partial charge is 0.464 e. The Morgan fingerprint density at radius 1 is 1.22 bits per heavy atom. The van der Waals surface area contributed by atoms with Gasteiger partial charge in [-0.05, 0) is 24.3 Å². The van der Waals surface area contributed by atoms with E-state index in [9.17, 15) is 4.79 Å². The molecule has 4 nitrogen and oxygen atoms in total. The third kappa shape index (κ3) is 2.85. The Morgan fingerprint density at radius 2 is 1.94 bits per heavy atom. The van der Waals surface area contributed by atoms with Gasteiger partial charge in [0.1, 0.15) is 5.69 Å². The molecule has 0 aliphatic heterocycles. The number of hydrogen-bond acceptors (Lipinski definition) is 4. The van der Waals surface area contributed by atoms with Gasteiger partial charge in [0.2, 0.25) is 0 Å². The van der Waals surface area contributed by atoms with E-state index in [1.54, 1.807) is 18.2 Å². The van der Waals surface area contributed by atoms with Crippen molar-refractivity contribution in [3.05, 3.63) is 48.2 Å². The molecular weight excluding hydrogens is 228 g/mol. The summed E-state index contributed by atoms with van der Waals surface area (Å²) in [6.07, 6.45) is 0. The number of nitrogens with zero attached hydrogens (tertiary/aromatic N) is 1. The lowest BCUT2D eigenvalue weighted by Crippen LogP contribution is -2.04. The van der Waals surface area contributed by atoms with Gasteiger partial charge in [-0.3, -0.25) is 0 Å². The third-order valence-corrected chi connectivity index (χ3v) is 2.33. The van der Waals surface area contributed by atoms with Crippen molar-refractivity contribution < 1.29 is 9.53 Å². The van der Waals surface area contributed by atoms with Crippen LogP contribution >= 0.6 is 0 Å². The minimum Gasteiger partial charge on any atom is -0.464 e. The van der Waals surface area contributed by atoms with Gasteiger partial charge in [-0.1, -0.05) is 25.6 Å². The molecule has 0 aliphatic carbocycles. The summed E-state index contributed by atoms with van der Waals surface area (Å²) in [5.41, 5.74) is 8.21. The minimum atomic E-state index is -0.448. The molecule has 0 fully saturated rings. The van der Waals surface area contributed by atoms with Crippen molar-refractivity contribution in [2.75, 3.05) is 12.8 Å². The lowest BCUT2D eigenvalue weighted by atomic mass is 10.1. The Kier molecular flexibility index (Phi) is 4.43. The number of aromatic nitrogens is 1. The van der Waals surface area contributed by atoms with Crippen LogP contribution in [0.15, 0.2) is 42.5 Å². The molecule has 0 atom stereocenters. The van der Waals surface area contributed by atoms with Crippen molar-refractivity contribution >= 4 is 11.7 Å². The maximum Gasteiger partial charge on any atom is 0.356 e. The number of carbonyl (C=O) groups excluding carboxylic acids is 1. The van der Waals surface area contributed by atoms with Crippen molar-refractivity contribution in [2.24, 2.45) is 0 Å². The summed E-state index contributed by atoms with van der Waals surface area (Å²) in [6, 6.07) is 12.5. The van der Waals surface area contributed by atoms with Crippen molar-refractivity contribution in [1.82, 2.24) is 4.98 Å². The molecule has 18 heavy (non-hydrogen) atoms. The number of pyridine rings is 1. The summed E-state index contributed by atoms with van der Waals surface area (Å²) >= 11 is 0. The summed E-state index contributed by atoms with van der Waals surface area (Å²) in [7, 11) is 1.33. The number of benzene rings is 1. The van der Waals surface area contributed by atoms with Crippen molar-refractivity contribution in [2.45, 2.75) is 7.43 Å². The van der Waals surface area contributed by atoms with Gasteiger partial charge in [-0.25, -0.2) is 9.78 Å². The van der Waals surface area contributed by atoms with Gasteiger partial charge in [0, 0.05) is 11.3 Å². The van der Waals surface area contributed by atoms with E-state index in [-0.39, 0.29) is 13.1 Å². The number of carbonyl (C=O) groups is 1. The Bertz CT molecular complexity index is 553. The number of ether oxygens (including phenoxy) is 1. The molecule has 94 valence electrons. The molecule has 1 aromatic carbocycles. The van der Waals surface area contributed by atoms with Gasteiger partial charge in [-0.15, -0.1) is 0 Å². The Morgan fingerprint density at radius 3 is 2.61 bits per heavy atom. The molecule has 2 aromatic rings. The minimum absolute atomic E-state index is 0. The second-order valence-electron chi connectivity index (χ2n) is 3.53. The van der Waals surface area contributed by atoms with Crippen LogP contribution in [0.1, 0.15) is 17.9 Å². The Balaban J connectivity index is 0.00000162. The number of nitrogen functional groups attached to an aromatic ring is 1. The second-order valence-corrected chi connectivity index (χ2v) is 3.53. The van der Waals surface area contributed by atoms with Crippen molar-refractivity contribution in [1.29, 1.82) is 0 Å². The molecule has 0 aliphatic rings. The van der Waals surface area contributed by atoms with Crippen LogP contribution in [-0.2, 0) is 4.74 Å². The van der Waals surface area contributed by atoms with E-state index in [0.717, 1.165) is 5.56 Å². The molecule has 0 saturated carbocycles. The standard InChI is InChI=1S/C13H12N2O2.CH4/c1-17-13(16)12-7-3-6-11(15-12)9-4-2-5-10(14)8-9;/h2-8H,14H2,1H3;1H4. The fourth-order valence-electron chi connectivity index (χ4n) is 1.51. The summed E-state index contributed by atoms with van der Waals surface area (Å²) in [4.78, 5) is 15.6. The molecule has 2 N–H and O–H groups in total. The van der Waals surface area contributed by atoms with E-state index in [0.29, 0.717) is 11.4 Å². The molecule has 0 amide bonds. The Labute approximate surface area is 106 Å². The third-order valence-electron chi connectivity index (χ3n) is 2.33. The lowest BCUT2D eigenvalue weighted by molar-refractivity contribution is 0.0594. The molecule has 0 saturated heterocycles. The van der Waals surface area contributed by atoms with E-state index in [2.05, 4.69) is 9.72 Å². The zero-order valence-corrected chi connectivity index (χ0v) is 9.38. The fraction of sp³-hybridized carbons (Fsp3) is 0.143. The zero-order valence-electron chi connectivity index (χ0n) is 9.38. The van der Waals surface area contributed by atoms with E-state index >= 15 is 0 Å². The molecule has 0 unspecified atom stereocenters. The number of esters is 1. The molecule has 0 spiro atoms. The fourth-order valence-corrected chi connectivity index (χ4v) is 1.51. The molecule has 0 radical (unpaired) electrons. The van der Waals surface area contributed by atoms with Crippen molar-refractivity contribution in [3.63, 3.8) is 0 Å². The second kappa shape index (κ2) is 5.82. The predicted octanol–water partition coefficient (Wildman–Crippen LogP) is 2.75. The SMILES string of the molecule is C.COC(=O)c1cccc(-c2cccc(N)c2)n1. The molecule has 4 heteroatoms. The summed E-state index contributed by atoms with van der Waals surface area (Å²) < 4.78 is 4.62. The van der Waals surface area contributed by atoms with Crippen LogP contribution in [0.3, 0.4) is 0 Å². The molecule has 1 heterocycles. The molecular formula is C14H16N2O2. The molecule has 0 bridgehead atoms. The molecule has 1 aromatic heterocycles. The van der Waals surface area contributed by atoms with Gasteiger partial charge < -0.3 is 10.5 Å². The average Bonchev–Trinajstić information content (AvgIpc) is 2.38. The summed E-state index contributed by atoms with van der Waals surface area (Å²) in [6.45, 7) is 0. The lowest BCUT2D eigenvalue weighted by Gasteiger charge is -2.04. The quantitative estimate of drug-likeness (QED) is 0.651. The van der Waals surface area contributed by atoms with E-state index < -0.39 is 5.97 Å². The van der Waals surface area contributed by atoms with Crippen LogP contribution in [0.25, 0.3) is 11.3 Å². The zero-order chi connectivity index (χ0) is 12.3. The number of rotatable bonds is 2. The highest BCUT2D eigenvalue weighted by Gasteiger charge is 2.08. The summed E-state index contributed by atoms with van der Waals surface area (Å²) in [5, 5.41) is 0. The topological polar surface area (TPSA) is 65.2 Å². The van der Waals surface area contributed by atoms with Crippen LogP contribution < -0.4 is 5.73 Å². The maximum atomic E-state index is 11.4. The van der Waals surface area contributed by atoms with Crippen LogP contribution in [0.5, 0.6) is 0 Å². The Hall–Kier alpha value is -2.36. The number of nitrogens with two attached hydrogens (primary N) is 1. The number of anilines is 1. The highest BCUT2D eigenvalue weighted by Crippen LogP contribution is 2.19. The molecule has 2 rings (SSSR count). The van der Waals surface area contributed by atoms with E-state index in [1.807, 2.05) is 24.3 Å². The number of hydrogen-bond donors (Lipinski definition) is 1. The highest BCUT2D eigenvalue weighted by molar-refractivity contribution is 5.87. The van der Waals surface area contributed by atoms with Gasteiger partial charge in [0.15, 0.2) is 0 Å². The monoisotopic (exact) mass is 244 g/mol. The van der Waals surface area contributed by atoms with Gasteiger partial charge in [0.25, 0.3) is 0 Å². The first-order valence-corrected chi connectivity index (χ1v) is 5.12. The summed E-state index contributed by atoms with van der Waals surface area (Å²) in [5.74, 6) is -0.448. The van der Waals surface area contributed by atoms with Gasteiger partial charge in [-0.2, -0.15) is 0 Å². The highest BCUT2D eigenvalue weighted by atomic mass is 16.5. The van der Waals surface area contributed by atoms with Crippen LogP contribution in [0, 0.1) is 0 Å². The van der Waals surface area contributed by atoms with Gasteiger partial charge >= 0.3 is 5.97 Å². The van der Waals surface area contributed by atoms with Gasteiger partial charge in [0.05, 0.1) is 12.8 Å². The first-order chi connectivity index (χ1) is 8.20. The van der Waals surface area contributed by atoms with Crippen molar-refractivity contribution in [3.8, 4) is 11.3 Å². The van der Waals surface area contributed by atoms with Crippen LogP contribution in [0.2, 0.25) is 0 Å². The van der Waals surface area contributed by atoms with Crippen LogP contribution in [-0.4, -0.2) is 18.1 Å². The maximum absolute atomic E-state index is 11.4. The predicted molar refractivity (Wildman–Crippen MR) is 72.2 cm³/mol. The van der Waals surface area contributed by atoms with E-state index in [4.69, 9.17) is 5.73 Å². The first kappa shape index (κ1) is 13.7. The average molecular weight is 244 g/mol. The normalized spacial score (nSPS) is 9.39. The first-order valence-electron chi connectivity index (χ1n) is 5.12. The number of methoxy groups -OCH3 is 1. The smallest absolute Gasteiger partial charge is 0.356 e.